The smallest absolute Gasteiger partial charge is 0.289 e. The Morgan fingerprint density at radius 1 is 0.953 bits per heavy atom. The number of hydrogen-bond donors (Lipinski definition) is 2. The van der Waals surface area contributed by atoms with Crippen LogP contribution in [0.2, 0.25) is 0 Å². The van der Waals surface area contributed by atoms with E-state index >= 15 is 0 Å². The van der Waals surface area contributed by atoms with E-state index in [9.17, 15) is 27.2 Å². The second kappa shape index (κ2) is 11.2. The van der Waals surface area contributed by atoms with E-state index in [2.05, 4.69) is 20.7 Å². The molecule has 3 aliphatic carbocycles. The second-order valence-electron chi connectivity index (χ2n) is 12.7. The van der Waals surface area contributed by atoms with Crippen LogP contribution in [-0.4, -0.2) is 52.8 Å². The molecule has 2 atom stereocenters. The Balaban J connectivity index is 1.24. The summed E-state index contributed by atoms with van der Waals surface area (Å²) in [7, 11) is 0. The maximum absolute atomic E-state index is 14.0. The number of hydrogen-bond acceptors (Lipinski definition) is 6. The average molecular weight is 605 g/mol. The molecule has 3 saturated carbocycles. The van der Waals surface area contributed by atoms with Crippen LogP contribution < -0.4 is 10.6 Å². The van der Waals surface area contributed by atoms with Gasteiger partial charge in [-0.3, -0.25) is 14.0 Å². The molecular weight excluding hydrogens is 568 g/mol. The van der Waals surface area contributed by atoms with Crippen LogP contribution in [0.5, 0.6) is 0 Å². The molecule has 232 valence electrons. The highest BCUT2D eigenvalue weighted by atomic mass is 19.3. The number of halogens is 4. The lowest BCUT2D eigenvalue weighted by molar-refractivity contribution is -0.134. The molecule has 2 amide bonds. The standard InChI is InChI=1S/C29H36F4N8O2/c1-16(2)41-25(34-15-35-41)26(43)39-24(19-5-8-28(30,31)9-6-19)21-14-40-10-7-20(36-27(40)37-21)23(18-3-4-18)38-22(42)11-17-12-29(32,33)13-17/h7,10,14-19,23-24H,3-6,8-9,11-13H2,1-2H3,(H,38,42)(H,39,43)/t23-,24-/m0/s1. The van der Waals surface area contributed by atoms with Gasteiger partial charge in [-0.15, -0.1) is 0 Å². The minimum atomic E-state index is -2.74. The van der Waals surface area contributed by atoms with E-state index in [4.69, 9.17) is 9.97 Å². The van der Waals surface area contributed by atoms with Crippen molar-refractivity contribution in [2.75, 3.05) is 0 Å². The number of nitrogens with one attached hydrogen (secondary N) is 2. The first-order chi connectivity index (χ1) is 20.4. The number of aromatic nitrogens is 6. The van der Waals surface area contributed by atoms with Gasteiger partial charge in [0.1, 0.15) is 6.33 Å². The summed E-state index contributed by atoms with van der Waals surface area (Å²) in [4.78, 5) is 39.6. The van der Waals surface area contributed by atoms with Gasteiger partial charge < -0.3 is 10.6 Å². The third-order valence-electron chi connectivity index (χ3n) is 8.85. The van der Waals surface area contributed by atoms with E-state index in [1.807, 2.05) is 13.8 Å². The Hall–Kier alpha value is -3.58. The van der Waals surface area contributed by atoms with E-state index in [0.29, 0.717) is 17.2 Å². The molecule has 0 aromatic carbocycles. The third kappa shape index (κ3) is 6.52. The Morgan fingerprint density at radius 3 is 2.26 bits per heavy atom. The van der Waals surface area contributed by atoms with Gasteiger partial charge in [0.25, 0.3) is 5.91 Å². The fourth-order valence-electron chi connectivity index (χ4n) is 6.34. The minimum absolute atomic E-state index is 0.0565. The van der Waals surface area contributed by atoms with Crippen molar-refractivity contribution in [1.29, 1.82) is 0 Å². The van der Waals surface area contributed by atoms with Gasteiger partial charge in [0, 0.05) is 50.5 Å². The van der Waals surface area contributed by atoms with Crippen LogP contribution in [0.25, 0.3) is 5.78 Å². The Kier molecular flexibility index (Phi) is 7.66. The van der Waals surface area contributed by atoms with Gasteiger partial charge in [0.05, 0.1) is 23.5 Å². The number of nitrogens with zero attached hydrogens (tertiary/aromatic N) is 6. The molecule has 14 heteroatoms. The van der Waals surface area contributed by atoms with Crippen molar-refractivity contribution >= 4 is 17.6 Å². The lowest BCUT2D eigenvalue weighted by atomic mass is 9.79. The van der Waals surface area contributed by atoms with Gasteiger partial charge in [0.15, 0.2) is 0 Å². The monoisotopic (exact) mass is 604 g/mol. The molecule has 0 bridgehead atoms. The zero-order chi connectivity index (χ0) is 30.5. The summed E-state index contributed by atoms with van der Waals surface area (Å²) in [6, 6.07) is 0.656. The molecule has 3 fully saturated rings. The second-order valence-corrected chi connectivity index (χ2v) is 12.7. The fourth-order valence-corrected chi connectivity index (χ4v) is 6.34. The van der Waals surface area contributed by atoms with Crippen LogP contribution in [0, 0.1) is 17.8 Å². The topological polar surface area (TPSA) is 119 Å². The van der Waals surface area contributed by atoms with Gasteiger partial charge in [-0.25, -0.2) is 37.2 Å². The molecular formula is C29H36F4N8O2. The SMILES string of the molecule is CC(C)n1ncnc1C(=O)N[C@H](c1cn2ccc([C@@H](NC(=O)CC3CC(F)(F)C3)C3CC3)nc2n1)C1CCC(F)(F)CC1. The highest BCUT2D eigenvalue weighted by molar-refractivity contribution is 5.91. The minimum Gasteiger partial charge on any atom is -0.347 e. The number of alkyl halides is 4. The third-order valence-corrected chi connectivity index (χ3v) is 8.85. The molecule has 0 unspecified atom stereocenters. The van der Waals surface area contributed by atoms with Crippen molar-refractivity contribution in [1.82, 2.24) is 39.8 Å². The Labute approximate surface area is 246 Å². The van der Waals surface area contributed by atoms with Crippen LogP contribution in [-0.2, 0) is 4.79 Å². The lowest BCUT2D eigenvalue weighted by Crippen LogP contribution is -2.39. The van der Waals surface area contributed by atoms with Crippen molar-refractivity contribution in [3.05, 3.63) is 42.0 Å². The highest BCUT2D eigenvalue weighted by Crippen LogP contribution is 2.45. The van der Waals surface area contributed by atoms with E-state index in [1.165, 1.54) is 11.0 Å². The quantitative estimate of drug-likeness (QED) is 0.307. The van der Waals surface area contributed by atoms with Gasteiger partial charge >= 0.3 is 0 Å². The zero-order valence-electron chi connectivity index (χ0n) is 24.1. The number of fused-ring (bicyclic) bond motifs is 1. The summed E-state index contributed by atoms with van der Waals surface area (Å²) in [5.74, 6) is -6.08. The molecule has 3 heterocycles. The highest BCUT2D eigenvalue weighted by Gasteiger charge is 2.46. The number of rotatable bonds is 10. The largest absolute Gasteiger partial charge is 0.347 e. The first-order valence-corrected chi connectivity index (χ1v) is 15.0. The number of imidazole rings is 1. The normalized spacial score (nSPS) is 21.8. The molecule has 43 heavy (non-hydrogen) atoms. The zero-order valence-corrected chi connectivity index (χ0v) is 24.1. The maximum Gasteiger partial charge on any atom is 0.289 e. The molecule has 3 aromatic heterocycles. The van der Waals surface area contributed by atoms with Crippen LogP contribution >= 0.6 is 0 Å². The Bertz CT molecular complexity index is 1480. The Morgan fingerprint density at radius 2 is 1.60 bits per heavy atom. The van der Waals surface area contributed by atoms with Crippen LogP contribution in [0.1, 0.15) is 112 Å². The van der Waals surface area contributed by atoms with E-state index in [-0.39, 0.29) is 86.5 Å². The molecule has 0 radical (unpaired) electrons. The summed E-state index contributed by atoms with van der Waals surface area (Å²) >= 11 is 0. The molecule has 3 aromatic rings. The van der Waals surface area contributed by atoms with Gasteiger partial charge in [-0.1, -0.05) is 0 Å². The summed E-state index contributed by atoms with van der Waals surface area (Å²) in [5, 5.41) is 10.1. The summed E-state index contributed by atoms with van der Waals surface area (Å²) in [5.41, 5.74) is 1.10. The first kappa shape index (κ1) is 29.5. The number of amides is 2. The number of carbonyl (C=O) groups is 2. The molecule has 0 saturated heterocycles. The van der Waals surface area contributed by atoms with E-state index in [0.717, 1.165) is 12.8 Å². The summed E-state index contributed by atoms with van der Waals surface area (Å²) < 4.78 is 57.8. The predicted molar refractivity (Wildman–Crippen MR) is 146 cm³/mol. The van der Waals surface area contributed by atoms with E-state index in [1.54, 1.807) is 22.9 Å². The lowest BCUT2D eigenvalue weighted by Gasteiger charge is -2.34. The first-order valence-electron chi connectivity index (χ1n) is 15.0. The van der Waals surface area contributed by atoms with Crippen LogP contribution in [0.15, 0.2) is 24.8 Å². The van der Waals surface area contributed by atoms with E-state index < -0.39 is 23.8 Å². The van der Waals surface area contributed by atoms with Gasteiger partial charge in [-0.2, -0.15) is 5.10 Å². The molecule has 6 rings (SSSR count). The molecule has 2 N–H and O–H groups in total. The maximum atomic E-state index is 14.0. The van der Waals surface area contributed by atoms with Crippen LogP contribution in [0.4, 0.5) is 17.6 Å². The summed E-state index contributed by atoms with van der Waals surface area (Å²) in [6.07, 6.45) is 6.05. The fraction of sp³-hybridized carbons (Fsp3) is 0.655. The van der Waals surface area contributed by atoms with Gasteiger partial charge in [-0.05, 0) is 63.4 Å². The van der Waals surface area contributed by atoms with Crippen LogP contribution in [0.3, 0.4) is 0 Å². The van der Waals surface area contributed by atoms with Crippen molar-refractivity contribution < 1.29 is 27.2 Å². The van der Waals surface area contributed by atoms with Crippen molar-refractivity contribution in [2.24, 2.45) is 17.8 Å². The average Bonchev–Trinajstić information content (AvgIpc) is 3.47. The molecule has 0 spiro atoms. The molecule has 3 aliphatic rings. The summed E-state index contributed by atoms with van der Waals surface area (Å²) in [6.45, 7) is 3.75. The van der Waals surface area contributed by atoms with Crippen molar-refractivity contribution in [3.63, 3.8) is 0 Å². The predicted octanol–water partition coefficient (Wildman–Crippen LogP) is 5.20. The number of carbonyl (C=O) groups excluding carboxylic acids is 2. The van der Waals surface area contributed by atoms with Crippen molar-refractivity contribution in [3.8, 4) is 0 Å². The van der Waals surface area contributed by atoms with Gasteiger partial charge in [0.2, 0.25) is 29.4 Å². The van der Waals surface area contributed by atoms with Crippen molar-refractivity contribution in [2.45, 2.75) is 102 Å². The molecule has 0 aliphatic heterocycles. The molecule has 10 nitrogen and oxygen atoms in total.